The van der Waals surface area contributed by atoms with E-state index in [1.54, 1.807) is 12.1 Å². The maximum Gasteiger partial charge on any atom is 0.248 e. The zero-order valence-corrected chi connectivity index (χ0v) is 10.3. The molecule has 0 radical (unpaired) electrons. The molecule has 18 heavy (non-hydrogen) atoms. The minimum atomic E-state index is -0.405. The number of carbonyl (C=O) groups is 1. The van der Waals surface area contributed by atoms with E-state index in [9.17, 15) is 4.79 Å². The molecule has 0 aliphatic heterocycles. The van der Waals surface area contributed by atoms with Gasteiger partial charge in [-0.05, 0) is 36.8 Å². The third-order valence-electron chi connectivity index (χ3n) is 2.85. The van der Waals surface area contributed by atoms with Crippen LogP contribution in [0.2, 0.25) is 0 Å². The van der Waals surface area contributed by atoms with Gasteiger partial charge >= 0.3 is 0 Å². The molecule has 3 nitrogen and oxygen atoms in total. The fraction of sp³-hybridized carbons (Fsp3) is 0.133. The van der Waals surface area contributed by atoms with Crippen molar-refractivity contribution in [3.63, 3.8) is 0 Å². The van der Waals surface area contributed by atoms with E-state index in [0.29, 0.717) is 5.56 Å². The molecular weight excluding hydrogens is 224 g/mol. The molecule has 0 aliphatic rings. The van der Waals surface area contributed by atoms with Crippen LogP contribution in [0.15, 0.2) is 54.6 Å². The monoisotopic (exact) mass is 240 g/mol. The molecule has 0 bridgehead atoms. The molecule has 1 unspecified atom stereocenters. The average Bonchev–Trinajstić information content (AvgIpc) is 2.40. The molecule has 0 heterocycles. The molecule has 1 amide bonds. The van der Waals surface area contributed by atoms with Crippen molar-refractivity contribution in [3.05, 3.63) is 65.7 Å². The minimum Gasteiger partial charge on any atom is -0.379 e. The number of rotatable bonds is 4. The van der Waals surface area contributed by atoms with Gasteiger partial charge in [0.25, 0.3) is 0 Å². The van der Waals surface area contributed by atoms with E-state index in [2.05, 4.69) is 24.4 Å². The average molecular weight is 240 g/mol. The molecule has 2 rings (SSSR count). The third kappa shape index (κ3) is 2.88. The van der Waals surface area contributed by atoms with Gasteiger partial charge in [0.05, 0.1) is 0 Å². The van der Waals surface area contributed by atoms with E-state index in [-0.39, 0.29) is 6.04 Å². The second kappa shape index (κ2) is 5.36. The number of nitrogens with one attached hydrogen (secondary N) is 1. The summed E-state index contributed by atoms with van der Waals surface area (Å²) in [5.41, 5.74) is 7.91. The molecule has 0 aromatic heterocycles. The van der Waals surface area contributed by atoms with Crippen LogP contribution in [0.3, 0.4) is 0 Å². The Labute approximate surface area is 107 Å². The highest BCUT2D eigenvalue weighted by molar-refractivity contribution is 5.93. The van der Waals surface area contributed by atoms with Gasteiger partial charge in [-0.3, -0.25) is 4.79 Å². The Balaban J connectivity index is 2.08. The van der Waals surface area contributed by atoms with Crippen molar-refractivity contribution in [1.82, 2.24) is 0 Å². The standard InChI is InChI=1S/C15H16N2O/c1-11(12-5-3-2-4-6-12)17-14-9-7-13(8-10-14)15(16)18/h2-11,17H,1H3,(H2,16,18). The van der Waals surface area contributed by atoms with Gasteiger partial charge in [0.2, 0.25) is 5.91 Å². The fourth-order valence-corrected chi connectivity index (χ4v) is 1.81. The lowest BCUT2D eigenvalue weighted by atomic mass is 10.1. The van der Waals surface area contributed by atoms with Crippen LogP contribution in [-0.2, 0) is 0 Å². The molecule has 2 aromatic rings. The Morgan fingerprint density at radius 1 is 1.06 bits per heavy atom. The number of primary amides is 1. The Kier molecular flexibility index (Phi) is 3.63. The van der Waals surface area contributed by atoms with Crippen LogP contribution in [-0.4, -0.2) is 5.91 Å². The molecule has 0 spiro atoms. The maximum atomic E-state index is 11.0. The van der Waals surface area contributed by atoms with Gasteiger partial charge in [-0.25, -0.2) is 0 Å². The summed E-state index contributed by atoms with van der Waals surface area (Å²) >= 11 is 0. The summed E-state index contributed by atoms with van der Waals surface area (Å²) in [4.78, 5) is 11.0. The molecule has 92 valence electrons. The molecule has 1 atom stereocenters. The van der Waals surface area contributed by atoms with E-state index in [1.165, 1.54) is 5.56 Å². The van der Waals surface area contributed by atoms with Crippen molar-refractivity contribution < 1.29 is 4.79 Å². The van der Waals surface area contributed by atoms with Crippen LogP contribution in [0.1, 0.15) is 28.9 Å². The Morgan fingerprint density at radius 2 is 1.67 bits per heavy atom. The molecule has 0 saturated carbocycles. The summed E-state index contributed by atoms with van der Waals surface area (Å²) in [5.74, 6) is -0.405. The van der Waals surface area contributed by atoms with Crippen LogP contribution in [0, 0.1) is 0 Å². The quantitative estimate of drug-likeness (QED) is 0.863. The van der Waals surface area contributed by atoms with Crippen molar-refractivity contribution in [1.29, 1.82) is 0 Å². The molecule has 0 fully saturated rings. The van der Waals surface area contributed by atoms with Crippen molar-refractivity contribution in [3.8, 4) is 0 Å². The van der Waals surface area contributed by atoms with Crippen LogP contribution < -0.4 is 11.1 Å². The van der Waals surface area contributed by atoms with Crippen LogP contribution in [0.5, 0.6) is 0 Å². The van der Waals surface area contributed by atoms with Crippen LogP contribution in [0.4, 0.5) is 5.69 Å². The number of nitrogens with two attached hydrogens (primary N) is 1. The first kappa shape index (κ1) is 12.2. The van der Waals surface area contributed by atoms with Crippen molar-refractivity contribution in [2.24, 2.45) is 5.73 Å². The van der Waals surface area contributed by atoms with E-state index in [1.807, 2.05) is 30.3 Å². The van der Waals surface area contributed by atoms with Crippen LogP contribution in [0.25, 0.3) is 0 Å². The number of amides is 1. The van der Waals surface area contributed by atoms with Crippen molar-refractivity contribution in [2.45, 2.75) is 13.0 Å². The number of hydrogen-bond acceptors (Lipinski definition) is 2. The summed E-state index contributed by atoms with van der Waals surface area (Å²) in [5, 5.41) is 3.37. The van der Waals surface area contributed by atoms with E-state index < -0.39 is 5.91 Å². The summed E-state index contributed by atoms with van der Waals surface area (Å²) in [7, 11) is 0. The minimum absolute atomic E-state index is 0.214. The van der Waals surface area contributed by atoms with Gasteiger partial charge in [-0.1, -0.05) is 30.3 Å². The highest BCUT2D eigenvalue weighted by Crippen LogP contribution is 2.19. The topological polar surface area (TPSA) is 55.1 Å². The first-order valence-electron chi connectivity index (χ1n) is 5.88. The molecular formula is C15H16N2O. The van der Waals surface area contributed by atoms with Gasteiger partial charge < -0.3 is 11.1 Å². The second-order valence-corrected chi connectivity index (χ2v) is 4.22. The number of hydrogen-bond donors (Lipinski definition) is 2. The predicted octanol–water partition coefficient (Wildman–Crippen LogP) is 2.96. The molecule has 0 aliphatic carbocycles. The first-order chi connectivity index (χ1) is 8.66. The molecule has 2 aromatic carbocycles. The molecule has 3 heteroatoms. The number of benzene rings is 2. The predicted molar refractivity (Wildman–Crippen MR) is 73.4 cm³/mol. The lowest BCUT2D eigenvalue weighted by molar-refractivity contribution is 0.100. The highest BCUT2D eigenvalue weighted by atomic mass is 16.1. The number of carbonyl (C=O) groups excluding carboxylic acids is 1. The lowest BCUT2D eigenvalue weighted by Crippen LogP contribution is -2.11. The zero-order valence-electron chi connectivity index (χ0n) is 10.3. The van der Waals surface area contributed by atoms with Crippen molar-refractivity contribution in [2.75, 3.05) is 5.32 Å². The largest absolute Gasteiger partial charge is 0.379 e. The fourth-order valence-electron chi connectivity index (χ4n) is 1.81. The first-order valence-corrected chi connectivity index (χ1v) is 5.88. The van der Waals surface area contributed by atoms with Crippen LogP contribution >= 0.6 is 0 Å². The van der Waals surface area contributed by atoms with Gasteiger partial charge in [-0.2, -0.15) is 0 Å². The normalized spacial score (nSPS) is 11.8. The third-order valence-corrected chi connectivity index (χ3v) is 2.85. The van der Waals surface area contributed by atoms with E-state index in [4.69, 9.17) is 5.73 Å². The summed E-state index contributed by atoms with van der Waals surface area (Å²) in [6, 6.07) is 17.6. The molecule has 3 N–H and O–H groups in total. The second-order valence-electron chi connectivity index (χ2n) is 4.22. The molecule has 0 saturated heterocycles. The van der Waals surface area contributed by atoms with Crippen molar-refractivity contribution >= 4 is 11.6 Å². The summed E-state index contributed by atoms with van der Waals surface area (Å²) < 4.78 is 0. The van der Waals surface area contributed by atoms with Gasteiger partial charge in [0.15, 0.2) is 0 Å². The van der Waals surface area contributed by atoms with E-state index >= 15 is 0 Å². The number of anilines is 1. The van der Waals surface area contributed by atoms with Gasteiger partial charge in [0.1, 0.15) is 0 Å². The Bertz CT molecular complexity index is 520. The summed E-state index contributed by atoms with van der Waals surface area (Å²) in [6.07, 6.45) is 0. The van der Waals surface area contributed by atoms with Gasteiger partial charge in [-0.15, -0.1) is 0 Å². The Morgan fingerprint density at radius 3 is 2.22 bits per heavy atom. The SMILES string of the molecule is CC(Nc1ccc(C(N)=O)cc1)c1ccccc1. The maximum absolute atomic E-state index is 11.0. The highest BCUT2D eigenvalue weighted by Gasteiger charge is 2.05. The summed E-state index contributed by atoms with van der Waals surface area (Å²) in [6.45, 7) is 2.09. The Hall–Kier alpha value is -2.29. The zero-order chi connectivity index (χ0) is 13.0. The van der Waals surface area contributed by atoms with E-state index in [0.717, 1.165) is 5.69 Å². The lowest BCUT2D eigenvalue weighted by Gasteiger charge is -2.15. The smallest absolute Gasteiger partial charge is 0.248 e. The van der Waals surface area contributed by atoms with Gasteiger partial charge in [0, 0.05) is 17.3 Å².